The van der Waals surface area contributed by atoms with Crippen molar-refractivity contribution < 1.29 is 14.3 Å². The minimum atomic E-state index is -0.253. The zero-order chi connectivity index (χ0) is 17.4. The monoisotopic (exact) mass is 330 g/mol. The number of rotatable bonds is 7. The summed E-state index contributed by atoms with van der Waals surface area (Å²) in [5.41, 5.74) is 2.89. The quantitative estimate of drug-likeness (QED) is 0.820. The summed E-state index contributed by atoms with van der Waals surface area (Å²) in [7, 11) is 0. The molecule has 0 aromatic heterocycles. The van der Waals surface area contributed by atoms with Gasteiger partial charge in [-0.3, -0.25) is 0 Å². The van der Waals surface area contributed by atoms with Crippen molar-refractivity contribution in [3.05, 3.63) is 71.0 Å². The van der Waals surface area contributed by atoms with Gasteiger partial charge in [0.15, 0.2) is 0 Å². The fraction of sp³-hybridized carbons (Fsp3) is 0.316. The number of halogens is 1. The number of nitrogens with one attached hydrogen (secondary N) is 1. The number of nitrogens with zero attached hydrogens (tertiary/aromatic N) is 1. The zero-order valence-electron chi connectivity index (χ0n) is 13.8. The average molecular weight is 330 g/mol. The van der Waals surface area contributed by atoms with Gasteiger partial charge in [-0.05, 0) is 42.2 Å². The molecular formula is C19H23FN2O2. The normalized spacial score (nSPS) is 10.5. The van der Waals surface area contributed by atoms with Crippen LogP contribution in [0.25, 0.3) is 0 Å². The Morgan fingerprint density at radius 2 is 1.96 bits per heavy atom. The Bertz CT molecular complexity index is 662. The predicted molar refractivity (Wildman–Crippen MR) is 92.2 cm³/mol. The fourth-order valence-corrected chi connectivity index (χ4v) is 2.53. The predicted octanol–water partition coefficient (Wildman–Crippen LogP) is 2.88. The van der Waals surface area contributed by atoms with Crippen molar-refractivity contribution in [2.45, 2.75) is 19.9 Å². The van der Waals surface area contributed by atoms with Crippen LogP contribution in [0.4, 0.5) is 9.18 Å². The number of carbonyl (C=O) groups is 1. The summed E-state index contributed by atoms with van der Waals surface area (Å²) >= 11 is 0. The standard InChI is InChI=1S/C19H23FN2O2/c1-15-13-18(20)8-7-17(15)9-10-21-19(24)22(11-12-23)14-16-5-3-2-4-6-16/h2-8,13,23H,9-12,14H2,1H3,(H,21,24). The van der Waals surface area contributed by atoms with Crippen LogP contribution < -0.4 is 5.32 Å². The van der Waals surface area contributed by atoms with Crippen LogP contribution >= 0.6 is 0 Å². The summed E-state index contributed by atoms with van der Waals surface area (Å²) in [6, 6.07) is 14.1. The molecule has 0 aliphatic heterocycles. The summed E-state index contributed by atoms with van der Waals surface area (Å²) in [5, 5.41) is 12.0. The van der Waals surface area contributed by atoms with Gasteiger partial charge in [0.1, 0.15) is 5.82 Å². The van der Waals surface area contributed by atoms with Gasteiger partial charge < -0.3 is 15.3 Å². The van der Waals surface area contributed by atoms with Gasteiger partial charge in [0.2, 0.25) is 0 Å². The molecule has 2 aromatic carbocycles. The number of urea groups is 1. The highest BCUT2D eigenvalue weighted by atomic mass is 19.1. The van der Waals surface area contributed by atoms with Crippen LogP contribution in [0.5, 0.6) is 0 Å². The van der Waals surface area contributed by atoms with Crippen molar-refractivity contribution >= 4 is 6.03 Å². The van der Waals surface area contributed by atoms with Gasteiger partial charge in [-0.25, -0.2) is 9.18 Å². The third-order valence-corrected chi connectivity index (χ3v) is 3.85. The van der Waals surface area contributed by atoms with E-state index in [1.165, 1.54) is 12.1 Å². The molecule has 0 bridgehead atoms. The molecule has 0 radical (unpaired) electrons. The summed E-state index contributed by atoms with van der Waals surface area (Å²) in [6.45, 7) is 2.95. The van der Waals surface area contributed by atoms with Crippen LogP contribution in [0, 0.1) is 12.7 Å². The molecule has 128 valence electrons. The molecule has 0 heterocycles. The number of amides is 2. The SMILES string of the molecule is Cc1cc(F)ccc1CCNC(=O)N(CCO)Cc1ccccc1. The van der Waals surface area contributed by atoms with E-state index < -0.39 is 0 Å². The first-order valence-electron chi connectivity index (χ1n) is 8.02. The molecule has 24 heavy (non-hydrogen) atoms. The Morgan fingerprint density at radius 3 is 2.62 bits per heavy atom. The molecule has 0 unspecified atom stereocenters. The van der Waals surface area contributed by atoms with Crippen LogP contribution in [0.1, 0.15) is 16.7 Å². The number of aliphatic hydroxyl groups is 1. The molecule has 0 atom stereocenters. The maximum Gasteiger partial charge on any atom is 0.317 e. The third-order valence-electron chi connectivity index (χ3n) is 3.85. The van der Waals surface area contributed by atoms with Crippen molar-refractivity contribution in [1.29, 1.82) is 0 Å². The second-order valence-corrected chi connectivity index (χ2v) is 5.68. The number of benzene rings is 2. The third kappa shape index (κ3) is 5.35. The van der Waals surface area contributed by atoms with E-state index in [2.05, 4.69) is 5.32 Å². The number of aryl methyl sites for hydroxylation is 1. The summed E-state index contributed by atoms with van der Waals surface area (Å²) in [6.07, 6.45) is 0.635. The van der Waals surface area contributed by atoms with E-state index in [0.717, 1.165) is 16.7 Å². The highest BCUT2D eigenvalue weighted by Crippen LogP contribution is 2.10. The first-order valence-corrected chi connectivity index (χ1v) is 8.02. The summed E-state index contributed by atoms with van der Waals surface area (Å²) in [4.78, 5) is 13.9. The minimum Gasteiger partial charge on any atom is -0.395 e. The Balaban J connectivity index is 1.88. The van der Waals surface area contributed by atoms with E-state index in [0.29, 0.717) is 19.5 Å². The molecule has 2 aromatic rings. The summed E-state index contributed by atoms with van der Waals surface area (Å²) in [5.74, 6) is -0.253. The molecule has 5 heteroatoms. The molecule has 0 aliphatic carbocycles. The number of hydrogen-bond acceptors (Lipinski definition) is 2. The lowest BCUT2D eigenvalue weighted by atomic mass is 10.1. The second kappa shape index (κ2) is 9.03. The van der Waals surface area contributed by atoms with Crippen LogP contribution in [-0.4, -0.2) is 35.7 Å². The molecule has 0 fully saturated rings. The van der Waals surface area contributed by atoms with E-state index in [1.54, 1.807) is 11.0 Å². The highest BCUT2D eigenvalue weighted by Gasteiger charge is 2.13. The van der Waals surface area contributed by atoms with Gasteiger partial charge in [-0.1, -0.05) is 36.4 Å². The Labute approximate surface area is 141 Å². The van der Waals surface area contributed by atoms with Crippen LogP contribution in [0.15, 0.2) is 48.5 Å². The van der Waals surface area contributed by atoms with Gasteiger partial charge in [-0.15, -0.1) is 0 Å². The van der Waals surface area contributed by atoms with Crippen LogP contribution in [0.2, 0.25) is 0 Å². The van der Waals surface area contributed by atoms with Crippen molar-refractivity contribution in [3.63, 3.8) is 0 Å². The van der Waals surface area contributed by atoms with Crippen molar-refractivity contribution in [2.24, 2.45) is 0 Å². The van der Waals surface area contributed by atoms with Crippen LogP contribution in [-0.2, 0) is 13.0 Å². The first kappa shape index (κ1) is 17.9. The van der Waals surface area contributed by atoms with Gasteiger partial charge in [0, 0.05) is 19.6 Å². The van der Waals surface area contributed by atoms with Crippen molar-refractivity contribution in [3.8, 4) is 0 Å². The molecular weight excluding hydrogens is 307 g/mol. The smallest absolute Gasteiger partial charge is 0.317 e. The minimum absolute atomic E-state index is 0.0860. The lowest BCUT2D eigenvalue weighted by molar-refractivity contribution is 0.174. The molecule has 2 rings (SSSR count). The molecule has 0 spiro atoms. The van der Waals surface area contributed by atoms with E-state index >= 15 is 0 Å². The Hall–Kier alpha value is -2.40. The van der Waals surface area contributed by atoms with Crippen molar-refractivity contribution in [1.82, 2.24) is 10.2 Å². The largest absolute Gasteiger partial charge is 0.395 e. The van der Waals surface area contributed by atoms with Gasteiger partial charge in [0.05, 0.1) is 6.61 Å². The highest BCUT2D eigenvalue weighted by molar-refractivity contribution is 5.74. The van der Waals surface area contributed by atoms with E-state index in [4.69, 9.17) is 0 Å². The van der Waals surface area contributed by atoms with Gasteiger partial charge >= 0.3 is 6.03 Å². The topological polar surface area (TPSA) is 52.6 Å². The molecule has 2 amide bonds. The van der Waals surface area contributed by atoms with Gasteiger partial charge in [-0.2, -0.15) is 0 Å². The molecule has 4 nitrogen and oxygen atoms in total. The van der Waals surface area contributed by atoms with Gasteiger partial charge in [0.25, 0.3) is 0 Å². The number of carbonyl (C=O) groups excluding carboxylic acids is 1. The lowest BCUT2D eigenvalue weighted by Crippen LogP contribution is -2.41. The Morgan fingerprint density at radius 1 is 1.21 bits per heavy atom. The molecule has 2 N–H and O–H groups in total. The summed E-state index contributed by atoms with van der Waals surface area (Å²) < 4.78 is 13.1. The number of aliphatic hydroxyl groups excluding tert-OH is 1. The first-order chi connectivity index (χ1) is 11.6. The van der Waals surface area contributed by atoms with E-state index in [-0.39, 0.29) is 25.0 Å². The van der Waals surface area contributed by atoms with Crippen molar-refractivity contribution in [2.75, 3.05) is 19.7 Å². The molecule has 0 saturated heterocycles. The maximum atomic E-state index is 13.1. The zero-order valence-corrected chi connectivity index (χ0v) is 13.8. The maximum absolute atomic E-state index is 13.1. The van der Waals surface area contributed by atoms with E-state index in [1.807, 2.05) is 37.3 Å². The van der Waals surface area contributed by atoms with Crippen LogP contribution in [0.3, 0.4) is 0 Å². The second-order valence-electron chi connectivity index (χ2n) is 5.68. The number of hydrogen-bond donors (Lipinski definition) is 2. The Kier molecular flexibility index (Phi) is 6.75. The average Bonchev–Trinajstić information content (AvgIpc) is 2.57. The molecule has 0 saturated carbocycles. The molecule has 0 aliphatic rings. The fourth-order valence-electron chi connectivity index (χ4n) is 2.53. The van der Waals surface area contributed by atoms with E-state index in [9.17, 15) is 14.3 Å². The lowest BCUT2D eigenvalue weighted by Gasteiger charge is -2.22.